The van der Waals surface area contributed by atoms with Crippen LogP contribution in [0.25, 0.3) is 11.1 Å². The van der Waals surface area contributed by atoms with Crippen LogP contribution in [0.15, 0.2) is 60.7 Å². The Morgan fingerprint density at radius 2 is 1.69 bits per heavy atom. The summed E-state index contributed by atoms with van der Waals surface area (Å²) in [6.07, 6.45) is 1.20. The number of methoxy groups -OCH3 is 2. The molecular weight excluding hydrogens is 406 g/mol. The number of carbonyl (C=O) groups is 2. The van der Waals surface area contributed by atoms with Crippen molar-refractivity contribution < 1.29 is 24.2 Å². The summed E-state index contributed by atoms with van der Waals surface area (Å²) in [5.41, 5.74) is 4.49. The minimum absolute atomic E-state index is 0.122. The van der Waals surface area contributed by atoms with Crippen molar-refractivity contribution in [2.75, 3.05) is 14.2 Å². The molecule has 6 heteroatoms. The fraction of sp³-hybridized carbons (Fsp3) is 0.231. The maximum absolute atomic E-state index is 12.4. The van der Waals surface area contributed by atoms with Crippen LogP contribution in [-0.2, 0) is 16.8 Å². The predicted octanol–water partition coefficient (Wildman–Crippen LogP) is 4.39. The lowest BCUT2D eigenvalue weighted by Gasteiger charge is -2.33. The minimum Gasteiger partial charge on any atom is -0.497 e. The Balaban J connectivity index is 1.79. The van der Waals surface area contributed by atoms with Gasteiger partial charge in [-0.25, -0.2) is 4.79 Å². The summed E-state index contributed by atoms with van der Waals surface area (Å²) in [6.45, 7) is 1.52. The van der Waals surface area contributed by atoms with Crippen LogP contribution in [0.4, 0.5) is 0 Å². The summed E-state index contributed by atoms with van der Waals surface area (Å²) in [7, 11) is 3.10. The number of hydrogen-bond donors (Lipinski definition) is 2. The average Bonchev–Trinajstić information content (AvgIpc) is 3.06. The number of carboxylic acid groups (broad SMARTS) is 1. The van der Waals surface area contributed by atoms with E-state index in [1.165, 1.54) is 14.0 Å². The number of amides is 1. The maximum Gasteiger partial charge on any atom is 0.339 e. The van der Waals surface area contributed by atoms with E-state index in [-0.39, 0.29) is 11.5 Å². The van der Waals surface area contributed by atoms with E-state index in [2.05, 4.69) is 11.4 Å². The van der Waals surface area contributed by atoms with E-state index in [1.807, 2.05) is 36.4 Å². The van der Waals surface area contributed by atoms with Gasteiger partial charge in [0.15, 0.2) is 0 Å². The number of nitrogens with one attached hydrogen (secondary N) is 1. The minimum atomic E-state index is -1.03. The van der Waals surface area contributed by atoms with Gasteiger partial charge in [-0.15, -0.1) is 0 Å². The zero-order chi connectivity index (χ0) is 22.9. The molecule has 0 radical (unpaired) electrons. The first-order valence-corrected chi connectivity index (χ1v) is 10.4. The Hall–Kier alpha value is -3.80. The van der Waals surface area contributed by atoms with E-state index in [9.17, 15) is 14.7 Å². The zero-order valence-corrected chi connectivity index (χ0v) is 18.3. The standard InChI is InChI=1S/C26H25NO5/c1-16(28)27-26(13-12-17-8-10-20(25(29)30)24(14-17)32-3)22-7-5-4-6-19(22)21-15-18(31-2)9-11-23(21)26/h4-11,14-15H,12-13H2,1-3H3,(H,27,28)(H,29,30). The van der Waals surface area contributed by atoms with Gasteiger partial charge in [0.25, 0.3) is 0 Å². The third kappa shape index (κ3) is 3.58. The Labute approximate surface area is 186 Å². The number of benzene rings is 3. The molecule has 0 bridgehead atoms. The highest BCUT2D eigenvalue weighted by molar-refractivity contribution is 5.91. The Morgan fingerprint density at radius 1 is 0.938 bits per heavy atom. The molecule has 1 aliphatic rings. The van der Waals surface area contributed by atoms with Crippen molar-refractivity contribution in [2.24, 2.45) is 0 Å². The maximum atomic E-state index is 12.4. The fourth-order valence-corrected chi connectivity index (χ4v) is 4.65. The molecule has 3 aromatic rings. The van der Waals surface area contributed by atoms with E-state index < -0.39 is 11.5 Å². The molecule has 1 aliphatic carbocycles. The van der Waals surface area contributed by atoms with Gasteiger partial charge in [-0.2, -0.15) is 0 Å². The number of fused-ring (bicyclic) bond motifs is 3. The molecule has 0 saturated carbocycles. The lowest BCUT2D eigenvalue weighted by atomic mass is 9.81. The summed E-state index contributed by atoms with van der Waals surface area (Å²) >= 11 is 0. The highest BCUT2D eigenvalue weighted by Crippen LogP contribution is 2.50. The number of aryl methyl sites for hydroxylation is 1. The van der Waals surface area contributed by atoms with Gasteiger partial charge in [0, 0.05) is 6.92 Å². The van der Waals surface area contributed by atoms with Crippen molar-refractivity contribution in [1.29, 1.82) is 0 Å². The molecule has 0 saturated heterocycles. The molecule has 0 aromatic heterocycles. The third-order valence-corrected chi connectivity index (χ3v) is 6.04. The summed E-state index contributed by atoms with van der Waals surface area (Å²) < 4.78 is 10.7. The van der Waals surface area contributed by atoms with E-state index in [0.29, 0.717) is 18.6 Å². The van der Waals surface area contributed by atoms with Crippen molar-refractivity contribution in [2.45, 2.75) is 25.3 Å². The van der Waals surface area contributed by atoms with Crippen molar-refractivity contribution >= 4 is 11.9 Å². The topological polar surface area (TPSA) is 84.9 Å². The van der Waals surface area contributed by atoms with Crippen LogP contribution >= 0.6 is 0 Å². The van der Waals surface area contributed by atoms with Crippen molar-refractivity contribution in [3.8, 4) is 22.6 Å². The van der Waals surface area contributed by atoms with Crippen LogP contribution in [0.1, 0.15) is 40.4 Å². The predicted molar refractivity (Wildman–Crippen MR) is 121 cm³/mol. The fourth-order valence-electron chi connectivity index (χ4n) is 4.65. The van der Waals surface area contributed by atoms with Crippen molar-refractivity contribution in [3.63, 3.8) is 0 Å². The van der Waals surface area contributed by atoms with Crippen LogP contribution < -0.4 is 14.8 Å². The highest BCUT2D eigenvalue weighted by Gasteiger charge is 2.43. The Morgan fingerprint density at radius 3 is 2.38 bits per heavy atom. The van der Waals surface area contributed by atoms with E-state index in [1.54, 1.807) is 25.3 Å². The molecule has 4 rings (SSSR count). The second-order valence-corrected chi connectivity index (χ2v) is 7.88. The summed E-state index contributed by atoms with van der Waals surface area (Å²) in [4.78, 5) is 23.8. The number of rotatable bonds is 7. The van der Waals surface area contributed by atoms with Gasteiger partial charge in [-0.1, -0.05) is 36.4 Å². The molecule has 1 amide bonds. The molecule has 0 spiro atoms. The molecular formula is C26H25NO5. The molecule has 2 N–H and O–H groups in total. The zero-order valence-electron chi connectivity index (χ0n) is 18.3. The number of carbonyl (C=O) groups excluding carboxylic acids is 1. The van der Waals surface area contributed by atoms with Crippen LogP contribution in [0, 0.1) is 0 Å². The van der Waals surface area contributed by atoms with Crippen LogP contribution in [0.2, 0.25) is 0 Å². The molecule has 0 fully saturated rings. The van der Waals surface area contributed by atoms with Gasteiger partial charge in [0.1, 0.15) is 17.1 Å². The first-order chi connectivity index (χ1) is 15.4. The van der Waals surface area contributed by atoms with Gasteiger partial charge >= 0.3 is 5.97 Å². The van der Waals surface area contributed by atoms with Crippen LogP contribution in [0.5, 0.6) is 11.5 Å². The summed E-state index contributed by atoms with van der Waals surface area (Å²) in [5.74, 6) is -0.0790. The lowest BCUT2D eigenvalue weighted by Crippen LogP contribution is -2.45. The van der Waals surface area contributed by atoms with E-state index in [4.69, 9.17) is 9.47 Å². The number of carboxylic acids is 1. The van der Waals surface area contributed by atoms with Gasteiger partial charge in [0.2, 0.25) is 5.91 Å². The first-order valence-electron chi connectivity index (χ1n) is 10.4. The molecule has 3 aromatic carbocycles. The molecule has 0 heterocycles. The number of aromatic carboxylic acids is 1. The number of hydrogen-bond acceptors (Lipinski definition) is 4. The Kier molecular flexibility index (Phi) is 5.61. The molecule has 1 unspecified atom stereocenters. The summed E-state index contributed by atoms with van der Waals surface area (Å²) in [5, 5.41) is 12.6. The third-order valence-electron chi connectivity index (χ3n) is 6.04. The molecule has 32 heavy (non-hydrogen) atoms. The SMILES string of the molecule is COc1ccc2c(c1)-c1ccccc1C2(CCc1ccc(C(=O)O)c(OC)c1)NC(C)=O. The molecule has 1 atom stereocenters. The summed E-state index contributed by atoms with van der Waals surface area (Å²) in [6, 6.07) is 19.1. The highest BCUT2D eigenvalue weighted by atomic mass is 16.5. The first kappa shape index (κ1) is 21.4. The second kappa shape index (κ2) is 8.38. The van der Waals surface area contributed by atoms with Crippen molar-refractivity contribution in [3.05, 3.63) is 82.9 Å². The number of ether oxygens (including phenoxy) is 2. The second-order valence-electron chi connectivity index (χ2n) is 7.88. The van der Waals surface area contributed by atoms with Crippen molar-refractivity contribution in [1.82, 2.24) is 5.32 Å². The largest absolute Gasteiger partial charge is 0.497 e. The monoisotopic (exact) mass is 431 g/mol. The van der Waals surface area contributed by atoms with E-state index >= 15 is 0 Å². The quantitative estimate of drug-likeness (QED) is 0.579. The lowest BCUT2D eigenvalue weighted by molar-refractivity contribution is -0.120. The Bertz CT molecular complexity index is 1200. The normalized spacial score (nSPS) is 16.1. The average molecular weight is 431 g/mol. The van der Waals surface area contributed by atoms with Gasteiger partial charge in [-0.05, 0) is 64.9 Å². The van der Waals surface area contributed by atoms with Crippen LogP contribution in [-0.4, -0.2) is 31.2 Å². The van der Waals surface area contributed by atoms with E-state index in [0.717, 1.165) is 33.6 Å². The molecule has 6 nitrogen and oxygen atoms in total. The smallest absolute Gasteiger partial charge is 0.339 e. The molecule has 164 valence electrons. The van der Waals surface area contributed by atoms with Gasteiger partial charge < -0.3 is 19.9 Å². The molecule has 0 aliphatic heterocycles. The van der Waals surface area contributed by atoms with Crippen LogP contribution in [0.3, 0.4) is 0 Å². The van der Waals surface area contributed by atoms with Gasteiger partial charge in [-0.3, -0.25) is 4.79 Å². The van der Waals surface area contributed by atoms with Gasteiger partial charge in [0.05, 0.1) is 19.8 Å².